The molecule has 0 aliphatic heterocycles. The molecule has 0 spiro atoms. The lowest BCUT2D eigenvalue weighted by molar-refractivity contribution is -0.156. The third-order valence-corrected chi connectivity index (χ3v) is 2.20. The summed E-state index contributed by atoms with van der Waals surface area (Å²) in [5, 5.41) is 9.22. The van der Waals surface area contributed by atoms with Crippen LogP contribution in [0.25, 0.3) is 0 Å². The molecule has 1 N–H and O–H groups in total. The van der Waals surface area contributed by atoms with Crippen molar-refractivity contribution >= 4 is 5.97 Å². The minimum Gasteiger partial charge on any atom is -0.469 e. The Kier molecular flexibility index (Phi) is 4.75. The molecule has 1 atom stereocenters. The van der Waals surface area contributed by atoms with Crippen LogP contribution < -0.4 is 0 Å². The van der Waals surface area contributed by atoms with Crippen LogP contribution in [-0.4, -0.2) is 23.3 Å². The van der Waals surface area contributed by atoms with Gasteiger partial charge in [0.2, 0.25) is 0 Å². The van der Waals surface area contributed by atoms with Gasteiger partial charge in [0, 0.05) is 13.0 Å². The van der Waals surface area contributed by atoms with Gasteiger partial charge in [-0.25, -0.2) is 0 Å². The molecule has 17 heavy (non-hydrogen) atoms. The molecule has 0 aliphatic rings. The van der Waals surface area contributed by atoms with Gasteiger partial charge in [0.1, 0.15) is 11.4 Å². The van der Waals surface area contributed by atoms with Crippen molar-refractivity contribution < 1.29 is 19.1 Å². The molecule has 4 heteroatoms. The Morgan fingerprint density at radius 1 is 1.53 bits per heavy atom. The summed E-state index contributed by atoms with van der Waals surface area (Å²) in [6.45, 7) is 5.42. The summed E-state index contributed by atoms with van der Waals surface area (Å²) in [6.07, 6.45) is 2.33. The van der Waals surface area contributed by atoms with Crippen molar-refractivity contribution in [3.8, 4) is 0 Å². The second kappa shape index (κ2) is 5.87. The second-order valence-corrected chi connectivity index (χ2v) is 5.12. The molecule has 0 radical (unpaired) electrons. The molecule has 4 nitrogen and oxygen atoms in total. The zero-order valence-corrected chi connectivity index (χ0v) is 10.6. The van der Waals surface area contributed by atoms with Crippen molar-refractivity contribution in [1.82, 2.24) is 0 Å². The first kappa shape index (κ1) is 13.8. The van der Waals surface area contributed by atoms with E-state index in [1.165, 1.54) is 0 Å². The van der Waals surface area contributed by atoms with Crippen LogP contribution in [0.2, 0.25) is 0 Å². The number of aliphatic hydroxyl groups is 1. The average Bonchev–Trinajstić information content (AvgIpc) is 2.66. The zero-order chi connectivity index (χ0) is 12.9. The molecule has 1 aromatic rings. The first-order valence-electron chi connectivity index (χ1n) is 5.76. The molecule has 0 unspecified atom stereocenters. The fourth-order valence-electron chi connectivity index (χ4n) is 1.53. The van der Waals surface area contributed by atoms with Gasteiger partial charge in [-0.1, -0.05) is 0 Å². The highest BCUT2D eigenvalue weighted by Gasteiger charge is 2.20. The van der Waals surface area contributed by atoms with Crippen LogP contribution in [0.5, 0.6) is 0 Å². The fourth-order valence-corrected chi connectivity index (χ4v) is 1.53. The predicted molar refractivity (Wildman–Crippen MR) is 63.4 cm³/mol. The van der Waals surface area contributed by atoms with Crippen LogP contribution in [-0.2, 0) is 16.0 Å². The molecule has 0 bridgehead atoms. The van der Waals surface area contributed by atoms with Crippen LogP contribution in [0.4, 0.5) is 0 Å². The number of aliphatic hydroxyl groups excluding tert-OH is 1. The Morgan fingerprint density at radius 2 is 2.24 bits per heavy atom. The van der Waals surface area contributed by atoms with E-state index in [0.717, 1.165) is 5.76 Å². The smallest absolute Gasteiger partial charge is 0.306 e. The molecular weight excluding hydrogens is 220 g/mol. The average molecular weight is 240 g/mol. The van der Waals surface area contributed by atoms with Gasteiger partial charge in [0.05, 0.1) is 12.7 Å². The summed E-state index contributed by atoms with van der Waals surface area (Å²) in [4.78, 5) is 11.6. The molecule has 0 saturated heterocycles. The van der Waals surface area contributed by atoms with Gasteiger partial charge in [0.15, 0.2) is 0 Å². The molecule has 0 saturated carbocycles. The summed E-state index contributed by atoms with van der Waals surface area (Å²) in [5.41, 5.74) is -0.484. The maximum Gasteiger partial charge on any atom is 0.306 e. The minimum absolute atomic E-state index is 0.0556. The van der Waals surface area contributed by atoms with Gasteiger partial charge in [-0.15, -0.1) is 0 Å². The standard InChI is InChI=1S/C13H20O4/c1-13(2,3)17-12(15)8-10(9-14)7-11-5-4-6-16-11/h4-6,10,14H,7-9H2,1-3H3/t10-/m1/s1. The van der Waals surface area contributed by atoms with E-state index in [1.807, 2.05) is 26.8 Å². The quantitative estimate of drug-likeness (QED) is 0.801. The van der Waals surface area contributed by atoms with Gasteiger partial charge in [-0.05, 0) is 38.8 Å². The van der Waals surface area contributed by atoms with Crippen LogP contribution in [0.1, 0.15) is 33.0 Å². The lowest BCUT2D eigenvalue weighted by atomic mass is 10.0. The largest absolute Gasteiger partial charge is 0.469 e. The van der Waals surface area contributed by atoms with Crippen molar-refractivity contribution in [2.45, 2.75) is 39.2 Å². The minimum atomic E-state index is -0.484. The molecular formula is C13H20O4. The predicted octanol–water partition coefficient (Wildman–Crippen LogP) is 2.16. The van der Waals surface area contributed by atoms with Crippen LogP contribution in [0, 0.1) is 5.92 Å². The number of carbonyl (C=O) groups is 1. The normalized spacial score (nSPS) is 13.4. The number of esters is 1. The van der Waals surface area contributed by atoms with Crippen molar-refractivity contribution in [3.63, 3.8) is 0 Å². The van der Waals surface area contributed by atoms with Crippen molar-refractivity contribution in [2.75, 3.05) is 6.61 Å². The number of rotatable bonds is 5. The molecule has 0 fully saturated rings. The summed E-state index contributed by atoms with van der Waals surface area (Å²) >= 11 is 0. The van der Waals surface area contributed by atoms with Gasteiger partial charge < -0.3 is 14.3 Å². The zero-order valence-electron chi connectivity index (χ0n) is 10.6. The maximum absolute atomic E-state index is 11.6. The SMILES string of the molecule is CC(C)(C)OC(=O)C[C@H](CO)Cc1ccco1. The van der Waals surface area contributed by atoms with Crippen LogP contribution in [0.3, 0.4) is 0 Å². The summed E-state index contributed by atoms with van der Waals surface area (Å²) in [5.74, 6) is 0.326. The highest BCUT2D eigenvalue weighted by Crippen LogP contribution is 2.16. The first-order valence-corrected chi connectivity index (χ1v) is 5.76. The van der Waals surface area contributed by atoms with Crippen LogP contribution >= 0.6 is 0 Å². The van der Waals surface area contributed by atoms with Gasteiger partial charge in [0.25, 0.3) is 0 Å². The number of ether oxygens (including phenoxy) is 1. The van der Waals surface area contributed by atoms with E-state index < -0.39 is 5.60 Å². The highest BCUT2D eigenvalue weighted by molar-refractivity contribution is 5.70. The lowest BCUT2D eigenvalue weighted by Gasteiger charge is -2.21. The molecule has 0 amide bonds. The van der Waals surface area contributed by atoms with Crippen molar-refractivity contribution in [2.24, 2.45) is 5.92 Å². The summed E-state index contributed by atoms with van der Waals surface area (Å²) in [7, 11) is 0. The van der Waals surface area contributed by atoms with E-state index in [0.29, 0.717) is 6.42 Å². The molecule has 1 aromatic heterocycles. The van der Waals surface area contributed by atoms with E-state index >= 15 is 0 Å². The Bertz CT molecular complexity index is 335. The number of hydrogen-bond donors (Lipinski definition) is 1. The van der Waals surface area contributed by atoms with E-state index in [-0.39, 0.29) is 24.9 Å². The van der Waals surface area contributed by atoms with E-state index in [9.17, 15) is 9.90 Å². The first-order chi connectivity index (χ1) is 7.90. The topological polar surface area (TPSA) is 59.7 Å². The molecule has 1 rings (SSSR count). The summed E-state index contributed by atoms with van der Waals surface area (Å²) < 4.78 is 10.4. The monoisotopic (exact) mass is 240 g/mol. The number of carbonyl (C=O) groups excluding carboxylic acids is 1. The summed E-state index contributed by atoms with van der Waals surface area (Å²) in [6, 6.07) is 3.62. The Hall–Kier alpha value is -1.29. The van der Waals surface area contributed by atoms with E-state index in [2.05, 4.69) is 0 Å². The Morgan fingerprint density at radius 3 is 2.71 bits per heavy atom. The van der Waals surface area contributed by atoms with Crippen molar-refractivity contribution in [1.29, 1.82) is 0 Å². The molecule has 0 aliphatic carbocycles. The molecule has 96 valence electrons. The van der Waals surface area contributed by atoms with Gasteiger partial charge in [-0.2, -0.15) is 0 Å². The number of hydrogen-bond acceptors (Lipinski definition) is 4. The Balaban J connectivity index is 2.44. The number of furan rings is 1. The van der Waals surface area contributed by atoms with E-state index in [4.69, 9.17) is 9.15 Å². The highest BCUT2D eigenvalue weighted by atomic mass is 16.6. The molecule has 0 aromatic carbocycles. The Labute approximate surface area is 102 Å². The maximum atomic E-state index is 11.6. The third-order valence-electron chi connectivity index (χ3n) is 2.20. The van der Waals surface area contributed by atoms with Crippen LogP contribution in [0.15, 0.2) is 22.8 Å². The lowest BCUT2D eigenvalue weighted by Crippen LogP contribution is -2.26. The van der Waals surface area contributed by atoms with Gasteiger partial charge in [-0.3, -0.25) is 4.79 Å². The second-order valence-electron chi connectivity index (χ2n) is 5.12. The third kappa shape index (κ3) is 5.54. The molecule has 1 heterocycles. The van der Waals surface area contributed by atoms with Gasteiger partial charge >= 0.3 is 5.97 Å². The fraction of sp³-hybridized carbons (Fsp3) is 0.615. The van der Waals surface area contributed by atoms with Crippen molar-refractivity contribution in [3.05, 3.63) is 24.2 Å². The van der Waals surface area contributed by atoms with E-state index in [1.54, 1.807) is 12.3 Å².